The van der Waals surface area contributed by atoms with E-state index >= 15 is 0 Å². The average Bonchev–Trinajstić information content (AvgIpc) is 2.68. The monoisotopic (exact) mass is 257 g/mol. The zero-order chi connectivity index (χ0) is 13.3. The number of fused-ring (bicyclic) bond motifs is 1. The first-order valence-electron chi connectivity index (χ1n) is 5.01. The van der Waals surface area contributed by atoms with Gasteiger partial charge in [0, 0.05) is 14.1 Å². The molecule has 2 aromatic rings. The van der Waals surface area contributed by atoms with Crippen LogP contribution in [0, 0.1) is 0 Å². The van der Waals surface area contributed by atoms with Crippen LogP contribution < -0.4 is 0 Å². The van der Waals surface area contributed by atoms with Crippen molar-refractivity contribution in [3.05, 3.63) is 29.9 Å². The highest BCUT2D eigenvalue weighted by Gasteiger charge is 2.37. The molecule has 0 saturated heterocycles. The number of nitrogens with zero attached hydrogens (tertiary/aromatic N) is 5. The van der Waals surface area contributed by atoms with Gasteiger partial charge in [-0.05, 0) is 23.9 Å². The van der Waals surface area contributed by atoms with E-state index in [4.69, 9.17) is 0 Å². The van der Waals surface area contributed by atoms with Crippen LogP contribution in [0.1, 0.15) is 11.4 Å². The van der Waals surface area contributed by atoms with E-state index in [1.165, 1.54) is 12.3 Å². The van der Waals surface area contributed by atoms with Gasteiger partial charge in [-0.3, -0.25) is 0 Å². The molecule has 0 aliphatic rings. The van der Waals surface area contributed by atoms with Crippen LogP contribution in [0.2, 0.25) is 0 Å². The number of halogens is 3. The molecular formula is C10H10F3N5. The van der Waals surface area contributed by atoms with Crippen LogP contribution in [0.25, 0.3) is 11.7 Å². The van der Waals surface area contributed by atoms with Crippen molar-refractivity contribution in [3.8, 4) is 0 Å². The van der Waals surface area contributed by atoms with Gasteiger partial charge in [-0.25, -0.2) is 0 Å². The Morgan fingerprint density at radius 3 is 2.61 bits per heavy atom. The lowest BCUT2D eigenvalue weighted by molar-refractivity contribution is -0.146. The quantitative estimate of drug-likeness (QED) is 0.821. The minimum atomic E-state index is -4.56. The van der Waals surface area contributed by atoms with Gasteiger partial charge in [0.25, 0.3) is 5.82 Å². The fourth-order valence-electron chi connectivity index (χ4n) is 1.31. The standard InChI is InChI=1S/C10H10F3N5/c1-17(2)4-3-7-5-8-15-16-9(10(11,12)13)18(8)14-6-7/h3-6H,1-2H3. The highest BCUT2D eigenvalue weighted by molar-refractivity contribution is 5.53. The molecular weight excluding hydrogens is 247 g/mol. The van der Waals surface area contributed by atoms with Crippen LogP contribution in [-0.4, -0.2) is 38.8 Å². The summed E-state index contributed by atoms with van der Waals surface area (Å²) >= 11 is 0. The second-order valence-electron chi connectivity index (χ2n) is 3.86. The van der Waals surface area contributed by atoms with Crippen LogP contribution in [0.3, 0.4) is 0 Å². The molecule has 0 aliphatic heterocycles. The molecule has 0 fully saturated rings. The van der Waals surface area contributed by atoms with E-state index < -0.39 is 12.0 Å². The smallest absolute Gasteiger partial charge is 0.383 e. The first-order valence-corrected chi connectivity index (χ1v) is 5.01. The largest absolute Gasteiger partial charge is 0.453 e. The molecule has 0 N–H and O–H groups in total. The molecule has 0 amide bonds. The Hall–Kier alpha value is -2.12. The van der Waals surface area contributed by atoms with Crippen LogP contribution in [0.4, 0.5) is 13.2 Å². The number of alkyl halides is 3. The predicted octanol–water partition coefficient (Wildman–Crippen LogP) is 1.68. The van der Waals surface area contributed by atoms with Gasteiger partial charge in [-0.2, -0.15) is 22.8 Å². The molecule has 5 nitrogen and oxygen atoms in total. The molecule has 0 spiro atoms. The fourth-order valence-corrected chi connectivity index (χ4v) is 1.31. The average molecular weight is 257 g/mol. The number of hydrogen-bond donors (Lipinski definition) is 0. The Balaban J connectivity index is 2.43. The number of rotatable bonds is 2. The van der Waals surface area contributed by atoms with Crippen molar-refractivity contribution in [1.29, 1.82) is 0 Å². The zero-order valence-corrected chi connectivity index (χ0v) is 9.68. The second kappa shape index (κ2) is 4.28. The summed E-state index contributed by atoms with van der Waals surface area (Å²) in [5, 5.41) is 10.2. The third kappa shape index (κ3) is 2.41. The third-order valence-corrected chi connectivity index (χ3v) is 2.10. The summed E-state index contributed by atoms with van der Waals surface area (Å²) in [5.74, 6) is -1.12. The van der Waals surface area contributed by atoms with E-state index in [1.54, 1.807) is 17.2 Å². The molecule has 2 heterocycles. The molecule has 96 valence electrons. The van der Waals surface area contributed by atoms with Crippen LogP contribution in [0.5, 0.6) is 0 Å². The highest BCUT2D eigenvalue weighted by atomic mass is 19.4. The minimum Gasteiger partial charge on any atom is -0.383 e. The summed E-state index contributed by atoms with van der Waals surface area (Å²) < 4.78 is 38.2. The first-order chi connectivity index (χ1) is 8.38. The summed E-state index contributed by atoms with van der Waals surface area (Å²) in [7, 11) is 3.67. The van der Waals surface area contributed by atoms with Gasteiger partial charge < -0.3 is 4.90 Å². The first kappa shape index (κ1) is 12.3. The molecule has 0 atom stereocenters. The maximum absolute atomic E-state index is 12.5. The van der Waals surface area contributed by atoms with Crippen molar-refractivity contribution in [2.45, 2.75) is 6.18 Å². The summed E-state index contributed by atoms with van der Waals surface area (Å²) in [6.45, 7) is 0. The maximum atomic E-state index is 12.5. The lowest BCUT2D eigenvalue weighted by Gasteiger charge is -2.04. The number of hydrogen-bond acceptors (Lipinski definition) is 4. The van der Waals surface area contributed by atoms with Crippen molar-refractivity contribution in [2.24, 2.45) is 0 Å². The van der Waals surface area contributed by atoms with Crippen LogP contribution in [-0.2, 0) is 6.18 Å². The summed E-state index contributed by atoms with van der Waals surface area (Å²) in [6, 6.07) is 1.48. The van der Waals surface area contributed by atoms with E-state index in [9.17, 15) is 13.2 Å². The maximum Gasteiger partial charge on any atom is 0.453 e. The zero-order valence-electron chi connectivity index (χ0n) is 9.68. The van der Waals surface area contributed by atoms with Gasteiger partial charge >= 0.3 is 6.18 Å². The van der Waals surface area contributed by atoms with Gasteiger partial charge in [-0.1, -0.05) is 0 Å². The molecule has 0 unspecified atom stereocenters. The fraction of sp³-hybridized carbons (Fsp3) is 0.300. The van der Waals surface area contributed by atoms with Crippen LogP contribution in [0.15, 0.2) is 18.5 Å². The van der Waals surface area contributed by atoms with Crippen molar-refractivity contribution >= 4 is 11.7 Å². The molecule has 2 rings (SSSR count). The third-order valence-electron chi connectivity index (χ3n) is 2.10. The Labute approximate surface area is 101 Å². The van der Waals surface area contributed by atoms with Crippen molar-refractivity contribution in [2.75, 3.05) is 14.1 Å². The van der Waals surface area contributed by atoms with Crippen molar-refractivity contribution < 1.29 is 13.2 Å². The molecule has 0 aliphatic carbocycles. The van der Waals surface area contributed by atoms with Crippen molar-refractivity contribution in [1.82, 2.24) is 24.7 Å². The van der Waals surface area contributed by atoms with Crippen LogP contribution >= 0.6 is 0 Å². The predicted molar refractivity (Wildman–Crippen MR) is 58.5 cm³/mol. The highest BCUT2D eigenvalue weighted by Crippen LogP contribution is 2.27. The van der Waals surface area contributed by atoms with Gasteiger partial charge in [0.05, 0.1) is 6.20 Å². The lowest BCUT2D eigenvalue weighted by atomic mass is 10.3. The second-order valence-corrected chi connectivity index (χ2v) is 3.86. The minimum absolute atomic E-state index is 0.0585. The van der Waals surface area contributed by atoms with Gasteiger partial charge in [-0.15, -0.1) is 10.2 Å². The Kier molecular flexibility index (Phi) is 2.93. The normalized spacial score (nSPS) is 12.5. The summed E-state index contributed by atoms with van der Waals surface area (Å²) in [6.07, 6.45) is 0.239. The van der Waals surface area contributed by atoms with E-state index in [0.29, 0.717) is 10.1 Å². The van der Waals surface area contributed by atoms with E-state index in [1.807, 2.05) is 14.1 Å². The molecule has 8 heteroatoms. The van der Waals surface area contributed by atoms with E-state index in [-0.39, 0.29) is 5.65 Å². The molecule has 0 radical (unpaired) electrons. The summed E-state index contributed by atoms with van der Waals surface area (Å²) in [4.78, 5) is 1.80. The Morgan fingerprint density at radius 1 is 1.28 bits per heavy atom. The number of aromatic nitrogens is 4. The topological polar surface area (TPSA) is 46.3 Å². The summed E-state index contributed by atoms with van der Waals surface area (Å²) in [5.41, 5.74) is 0.709. The Bertz CT molecular complexity index is 585. The van der Waals surface area contributed by atoms with E-state index in [0.717, 1.165) is 0 Å². The molecule has 18 heavy (non-hydrogen) atoms. The molecule has 2 aromatic heterocycles. The molecule has 0 aromatic carbocycles. The van der Waals surface area contributed by atoms with Gasteiger partial charge in [0.2, 0.25) is 0 Å². The molecule has 0 bridgehead atoms. The lowest BCUT2D eigenvalue weighted by Crippen LogP contribution is -2.12. The van der Waals surface area contributed by atoms with E-state index in [2.05, 4.69) is 15.3 Å². The Morgan fingerprint density at radius 2 is 2.00 bits per heavy atom. The van der Waals surface area contributed by atoms with Gasteiger partial charge in [0.15, 0.2) is 5.65 Å². The molecule has 0 saturated carbocycles. The SMILES string of the molecule is CN(C)C=Cc1cnn2c(C(F)(F)F)nnc2c1. The van der Waals surface area contributed by atoms with Crippen molar-refractivity contribution in [3.63, 3.8) is 0 Å². The van der Waals surface area contributed by atoms with Gasteiger partial charge in [0.1, 0.15) is 0 Å².